The number of piperazine rings is 1. The molecular weight excluding hydrogens is 537 g/mol. The van der Waals surface area contributed by atoms with E-state index in [9.17, 15) is 9.18 Å². The highest BCUT2D eigenvalue weighted by Crippen LogP contribution is 2.27. The molecule has 13 heteroatoms. The lowest BCUT2D eigenvalue weighted by molar-refractivity contribution is 0.102. The van der Waals surface area contributed by atoms with Gasteiger partial charge in [0.15, 0.2) is 17.5 Å². The van der Waals surface area contributed by atoms with Gasteiger partial charge in [0, 0.05) is 49.9 Å². The number of nitrogens with two attached hydrogens (primary N) is 2. The van der Waals surface area contributed by atoms with Gasteiger partial charge in [-0.1, -0.05) is 41.2 Å². The number of hydrogen-bond acceptors (Lipinski definition) is 9. The van der Waals surface area contributed by atoms with Gasteiger partial charge in [0.05, 0.1) is 11.3 Å². The maximum Gasteiger partial charge on any atom is 0.259 e. The first-order chi connectivity index (χ1) is 19.8. The minimum atomic E-state index is -0.712. The van der Waals surface area contributed by atoms with Crippen LogP contribution in [0.25, 0.3) is 0 Å². The molecule has 0 saturated carbocycles. The Bertz CT molecular complexity index is 1470. The van der Waals surface area contributed by atoms with E-state index in [0.29, 0.717) is 17.6 Å². The summed E-state index contributed by atoms with van der Waals surface area (Å²) in [5.41, 5.74) is 14.0. The van der Waals surface area contributed by atoms with Crippen molar-refractivity contribution in [2.24, 2.45) is 16.6 Å². The quantitative estimate of drug-likeness (QED) is 0.188. The molecule has 0 spiro atoms. The Labute approximate surface area is 245 Å². The number of anilines is 4. The van der Waals surface area contributed by atoms with Crippen LogP contribution in [0.3, 0.4) is 0 Å². The fourth-order valence-corrected chi connectivity index (χ4v) is 4.59. The number of nitrogen functional groups attached to an aromatic ring is 1. The lowest BCUT2D eigenvalue weighted by Crippen LogP contribution is -2.48. The number of aromatic nitrogens is 4. The maximum absolute atomic E-state index is 14.7. The molecule has 4 rings (SSSR count). The zero-order chi connectivity index (χ0) is 30.6. The van der Waals surface area contributed by atoms with E-state index < -0.39 is 11.7 Å². The second kappa shape index (κ2) is 12.6. The van der Waals surface area contributed by atoms with Crippen molar-refractivity contribution in [3.05, 3.63) is 59.8 Å². The Morgan fingerprint density at radius 3 is 2.55 bits per heavy atom. The molecule has 224 valence electrons. The highest BCUT2D eigenvalue weighted by Gasteiger charge is 2.24. The average molecular weight is 578 g/mol. The number of halogens is 1. The Morgan fingerprint density at radius 2 is 1.93 bits per heavy atom. The topological polar surface area (TPSA) is 166 Å². The van der Waals surface area contributed by atoms with Crippen LogP contribution in [0.2, 0.25) is 0 Å². The zero-order valence-corrected chi connectivity index (χ0v) is 24.8. The molecule has 1 saturated heterocycles. The van der Waals surface area contributed by atoms with Gasteiger partial charge in [-0.25, -0.2) is 14.4 Å². The van der Waals surface area contributed by atoms with Crippen molar-refractivity contribution in [1.82, 2.24) is 25.1 Å². The molecule has 0 unspecified atom stereocenters. The van der Waals surface area contributed by atoms with E-state index >= 15 is 0 Å². The highest BCUT2D eigenvalue weighted by atomic mass is 19.1. The van der Waals surface area contributed by atoms with E-state index in [1.165, 1.54) is 18.3 Å². The number of hydrogen-bond donors (Lipinski definition) is 5. The molecule has 0 radical (unpaired) electrons. The Morgan fingerprint density at radius 1 is 1.21 bits per heavy atom. The van der Waals surface area contributed by atoms with Crippen LogP contribution in [-0.4, -0.2) is 69.5 Å². The van der Waals surface area contributed by atoms with Gasteiger partial charge in [0.1, 0.15) is 17.2 Å². The first-order valence-electron chi connectivity index (χ1n) is 13.9. The molecule has 0 bridgehead atoms. The third-order valence-corrected chi connectivity index (χ3v) is 6.76. The van der Waals surface area contributed by atoms with E-state index in [2.05, 4.69) is 61.0 Å². The van der Waals surface area contributed by atoms with Crippen LogP contribution in [0.1, 0.15) is 56.4 Å². The zero-order valence-electron chi connectivity index (χ0n) is 24.8. The van der Waals surface area contributed by atoms with Gasteiger partial charge in [-0.15, -0.1) is 0 Å². The van der Waals surface area contributed by atoms with Crippen molar-refractivity contribution in [3.8, 4) is 0 Å². The molecule has 3 aromatic rings. The predicted molar refractivity (Wildman–Crippen MR) is 166 cm³/mol. The van der Waals surface area contributed by atoms with Gasteiger partial charge in [-0.2, -0.15) is 10.1 Å². The fourth-order valence-electron chi connectivity index (χ4n) is 4.59. The number of H-pyrrole nitrogens is 1. The molecule has 1 amide bonds. The Hall–Kier alpha value is -4.52. The normalized spacial score (nSPS) is 14.7. The number of carbonyl (C=O) groups is 1. The van der Waals surface area contributed by atoms with Crippen molar-refractivity contribution in [2.75, 3.05) is 54.0 Å². The third kappa shape index (κ3) is 7.21. The minimum Gasteiger partial charge on any atom is -0.382 e. The van der Waals surface area contributed by atoms with Gasteiger partial charge in [0.25, 0.3) is 5.91 Å². The molecule has 1 fully saturated rings. The molecule has 0 atom stereocenters. The van der Waals surface area contributed by atoms with Crippen LogP contribution >= 0.6 is 0 Å². The van der Waals surface area contributed by atoms with Gasteiger partial charge < -0.3 is 27.0 Å². The molecule has 42 heavy (non-hydrogen) atoms. The summed E-state index contributed by atoms with van der Waals surface area (Å²) in [4.78, 5) is 31.0. The van der Waals surface area contributed by atoms with Crippen LogP contribution in [0.15, 0.2) is 42.0 Å². The number of nitrogens with zero attached hydrogens (tertiary/aromatic N) is 6. The van der Waals surface area contributed by atoms with Crippen molar-refractivity contribution < 1.29 is 9.18 Å². The summed E-state index contributed by atoms with van der Waals surface area (Å²) in [6.45, 7) is 18.4. The number of amides is 1. The number of benzene rings is 1. The van der Waals surface area contributed by atoms with Crippen LogP contribution in [-0.2, 0) is 5.41 Å². The lowest BCUT2D eigenvalue weighted by Gasteiger charge is -2.35. The first-order valence-corrected chi connectivity index (χ1v) is 13.9. The summed E-state index contributed by atoms with van der Waals surface area (Å²) < 4.78 is 14.7. The van der Waals surface area contributed by atoms with Crippen LogP contribution < -0.4 is 27.0 Å². The summed E-state index contributed by atoms with van der Waals surface area (Å²) >= 11 is 0. The largest absolute Gasteiger partial charge is 0.382 e. The second-order valence-corrected chi connectivity index (χ2v) is 11.7. The van der Waals surface area contributed by atoms with E-state index in [0.717, 1.165) is 44.5 Å². The summed E-state index contributed by atoms with van der Waals surface area (Å²) in [5.74, 6) is 0.114. The second-order valence-electron chi connectivity index (χ2n) is 11.7. The van der Waals surface area contributed by atoms with Crippen LogP contribution in [0, 0.1) is 11.7 Å². The van der Waals surface area contributed by atoms with Gasteiger partial charge in [-0.3, -0.25) is 14.8 Å². The van der Waals surface area contributed by atoms with E-state index in [1.807, 2.05) is 20.8 Å². The number of carbonyl (C=O) groups excluding carboxylic acids is 1. The summed E-state index contributed by atoms with van der Waals surface area (Å²) in [7, 11) is 0. The van der Waals surface area contributed by atoms with E-state index in [4.69, 9.17) is 16.5 Å². The first kappa shape index (κ1) is 30.4. The van der Waals surface area contributed by atoms with Crippen molar-refractivity contribution >= 4 is 40.7 Å². The maximum atomic E-state index is 14.7. The molecule has 1 aliphatic heterocycles. The third-order valence-electron chi connectivity index (χ3n) is 6.76. The molecule has 2 aromatic heterocycles. The van der Waals surface area contributed by atoms with E-state index in [1.54, 1.807) is 6.07 Å². The van der Waals surface area contributed by atoms with Crippen molar-refractivity contribution in [2.45, 2.75) is 40.0 Å². The van der Waals surface area contributed by atoms with Gasteiger partial charge >= 0.3 is 0 Å². The summed E-state index contributed by atoms with van der Waals surface area (Å²) in [5, 5.41) is 12.6. The molecular formula is C29H40FN11O. The van der Waals surface area contributed by atoms with Crippen LogP contribution in [0.4, 0.5) is 33.3 Å². The van der Waals surface area contributed by atoms with Crippen LogP contribution in [0.5, 0.6) is 0 Å². The molecule has 7 N–H and O–H groups in total. The smallest absolute Gasteiger partial charge is 0.259 e. The predicted octanol–water partition coefficient (Wildman–Crippen LogP) is 3.84. The molecule has 0 aliphatic carbocycles. The number of rotatable bonds is 9. The molecule has 12 nitrogen and oxygen atoms in total. The van der Waals surface area contributed by atoms with Crippen molar-refractivity contribution in [1.29, 1.82) is 0 Å². The average Bonchev–Trinajstić information content (AvgIpc) is 3.40. The summed E-state index contributed by atoms with van der Waals surface area (Å²) in [6.07, 6.45) is 1.44. The van der Waals surface area contributed by atoms with Crippen molar-refractivity contribution in [3.63, 3.8) is 0 Å². The number of amidine groups is 1. The highest BCUT2D eigenvalue weighted by molar-refractivity contribution is 6.06. The summed E-state index contributed by atoms with van der Waals surface area (Å²) in [6, 6.07) is 5.61. The lowest BCUT2D eigenvalue weighted by atomic mass is 9.92. The Kier molecular flexibility index (Phi) is 9.10. The van der Waals surface area contributed by atoms with Gasteiger partial charge in [0.2, 0.25) is 5.95 Å². The standard InChI is InChI=1S/C29H40FN11O/c1-7-33-23-24(36-28(37-25(23)31)41-12-10-40(11-13-41)16-17(2)3)26(32)34-18-8-9-20(30)19(14-18)27(42)35-22-15-21(38-39-22)29(4,5)6/h7-9,14-15,17,33H,1,10-13,16H2,2-6H3,(H2,32,34)(H2,31,36,37)(H2,35,38,39,42). The monoisotopic (exact) mass is 577 g/mol. The molecule has 3 heterocycles. The number of aromatic amines is 1. The van der Waals surface area contributed by atoms with E-state index in [-0.39, 0.29) is 39.8 Å². The minimum absolute atomic E-state index is 0.00762. The number of nitrogens with one attached hydrogen (secondary N) is 3. The molecule has 1 aromatic carbocycles. The van der Waals surface area contributed by atoms with Gasteiger partial charge in [-0.05, 0) is 30.3 Å². The fraction of sp³-hybridized carbons (Fsp3) is 0.414. The molecule has 1 aliphatic rings. The Balaban J connectivity index is 1.60. The number of aliphatic imine (C=N–C) groups is 1. The SMILES string of the molecule is C=CNc1c(N)nc(N2CCN(CC(C)C)CC2)nc1C(N)=Nc1ccc(F)c(C(=O)Nc2cc(C(C)(C)C)[nH]n2)c1.